The van der Waals surface area contributed by atoms with Crippen LogP contribution in [0.25, 0.3) is 88.4 Å². The van der Waals surface area contributed by atoms with Crippen molar-refractivity contribution in [1.82, 2.24) is 18.9 Å². The second-order valence-corrected chi connectivity index (χ2v) is 17.1. The molecule has 0 saturated carbocycles. The van der Waals surface area contributed by atoms with Gasteiger partial charge in [-0.25, -0.2) is 9.97 Å². The van der Waals surface area contributed by atoms with Crippen molar-refractivity contribution < 1.29 is 0 Å². The predicted molar refractivity (Wildman–Crippen MR) is 258 cm³/mol. The largest absolute Gasteiger partial charge is 0.310 e. The Hall–Kier alpha value is -8.02. The van der Waals surface area contributed by atoms with Crippen LogP contribution in [0.4, 0.5) is 17.1 Å². The van der Waals surface area contributed by atoms with E-state index < -0.39 is 0 Å². The first-order valence-corrected chi connectivity index (χ1v) is 21.3. The summed E-state index contributed by atoms with van der Waals surface area (Å²) in [6.07, 6.45) is 0. The van der Waals surface area contributed by atoms with E-state index >= 15 is 0 Å². The van der Waals surface area contributed by atoms with Crippen molar-refractivity contribution in [3.8, 4) is 28.2 Å². The molecule has 9 aromatic carbocycles. The zero-order chi connectivity index (χ0) is 41.1. The van der Waals surface area contributed by atoms with Crippen molar-refractivity contribution in [2.75, 3.05) is 4.90 Å². The van der Waals surface area contributed by atoms with E-state index in [0.29, 0.717) is 0 Å². The van der Waals surface area contributed by atoms with Crippen molar-refractivity contribution in [2.45, 2.75) is 19.3 Å². The number of fused-ring (bicyclic) bond motifs is 13. The molecule has 1 aliphatic carbocycles. The van der Waals surface area contributed by atoms with Crippen LogP contribution in [0.5, 0.6) is 0 Å². The first kappa shape index (κ1) is 34.8. The highest BCUT2D eigenvalue weighted by Gasteiger charge is 2.35. The van der Waals surface area contributed by atoms with E-state index in [1.165, 1.54) is 43.8 Å². The normalized spacial score (nSPS) is 13.1. The Morgan fingerprint density at radius 1 is 0.435 bits per heavy atom. The monoisotopic (exact) mass is 793 g/mol. The molecule has 3 heterocycles. The van der Waals surface area contributed by atoms with Gasteiger partial charge in [-0.3, -0.25) is 8.97 Å². The molecule has 12 aromatic rings. The molecule has 0 amide bonds. The van der Waals surface area contributed by atoms with Crippen LogP contribution in [0.2, 0.25) is 0 Å². The summed E-state index contributed by atoms with van der Waals surface area (Å²) in [4.78, 5) is 13.0. The molecule has 0 saturated heterocycles. The van der Waals surface area contributed by atoms with E-state index in [9.17, 15) is 0 Å². The maximum Gasteiger partial charge on any atom is 0.221 e. The molecule has 62 heavy (non-hydrogen) atoms. The average molecular weight is 794 g/mol. The lowest BCUT2D eigenvalue weighted by atomic mass is 9.82. The van der Waals surface area contributed by atoms with E-state index in [4.69, 9.17) is 9.97 Å². The quantitative estimate of drug-likeness (QED) is 0.174. The summed E-state index contributed by atoms with van der Waals surface area (Å²) in [5.41, 5.74) is 17.0. The van der Waals surface area contributed by atoms with Gasteiger partial charge in [0, 0.05) is 38.6 Å². The number of rotatable bonds is 5. The lowest BCUT2D eigenvalue weighted by Crippen LogP contribution is -2.16. The maximum absolute atomic E-state index is 5.42. The third-order valence-electron chi connectivity index (χ3n) is 13.3. The van der Waals surface area contributed by atoms with Crippen LogP contribution in [-0.4, -0.2) is 18.9 Å². The molecule has 5 nitrogen and oxygen atoms in total. The molecule has 0 unspecified atom stereocenters. The number of hydrogen-bond acceptors (Lipinski definition) is 3. The number of nitrogens with zero attached hydrogens (tertiary/aromatic N) is 5. The Morgan fingerprint density at radius 2 is 1.10 bits per heavy atom. The van der Waals surface area contributed by atoms with Gasteiger partial charge in [0.2, 0.25) is 5.95 Å². The van der Waals surface area contributed by atoms with Gasteiger partial charge in [0.1, 0.15) is 5.65 Å². The molecule has 3 aromatic heterocycles. The molecule has 5 heteroatoms. The first-order valence-electron chi connectivity index (χ1n) is 21.3. The summed E-state index contributed by atoms with van der Waals surface area (Å²) in [5.74, 6) is 0.819. The van der Waals surface area contributed by atoms with E-state index in [-0.39, 0.29) is 5.41 Å². The maximum atomic E-state index is 5.42. The fourth-order valence-corrected chi connectivity index (χ4v) is 10.3. The fraction of sp³-hybridized carbons (Fsp3) is 0.0526. The molecule has 0 fully saturated rings. The SMILES string of the molecule is CC1(C)c2ccccc2-c2ccc(N(c3ccccc3)c3ccc(-c4ccc5c(c4)c4c6ccccc6ccc4n5-c4nc5ccccc5c5nc6ccccc6n45)cc3)cc21. The fourth-order valence-electron chi connectivity index (χ4n) is 10.3. The zero-order valence-electron chi connectivity index (χ0n) is 34.3. The van der Waals surface area contributed by atoms with Gasteiger partial charge in [0.15, 0.2) is 0 Å². The minimum Gasteiger partial charge on any atom is -0.310 e. The number of aromatic nitrogens is 4. The molecule has 0 atom stereocenters. The Labute approximate surface area is 358 Å². The summed E-state index contributed by atoms with van der Waals surface area (Å²) in [7, 11) is 0. The van der Waals surface area contributed by atoms with Crippen LogP contribution in [0, 0.1) is 0 Å². The molecule has 0 spiro atoms. The average Bonchev–Trinajstić information content (AvgIpc) is 3.95. The third-order valence-corrected chi connectivity index (χ3v) is 13.3. The van der Waals surface area contributed by atoms with E-state index in [1.54, 1.807) is 0 Å². The Kier molecular flexibility index (Phi) is 7.29. The van der Waals surface area contributed by atoms with Gasteiger partial charge >= 0.3 is 0 Å². The summed E-state index contributed by atoms with van der Waals surface area (Å²) < 4.78 is 4.57. The molecule has 0 bridgehead atoms. The highest BCUT2D eigenvalue weighted by molar-refractivity contribution is 6.22. The van der Waals surface area contributed by atoms with Crippen LogP contribution >= 0.6 is 0 Å². The van der Waals surface area contributed by atoms with Gasteiger partial charge in [0.25, 0.3) is 0 Å². The van der Waals surface area contributed by atoms with Gasteiger partial charge < -0.3 is 4.90 Å². The van der Waals surface area contributed by atoms with Crippen LogP contribution in [0.15, 0.2) is 200 Å². The number of para-hydroxylation sites is 4. The molecule has 13 rings (SSSR count). The van der Waals surface area contributed by atoms with Gasteiger partial charge in [-0.1, -0.05) is 135 Å². The molecular formula is C57H39N5. The smallest absolute Gasteiger partial charge is 0.221 e. The molecule has 0 radical (unpaired) electrons. The standard InChI is InChI=1S/C57H39N5/c1-57(2)47-20-10-8-18-43(47)44-31-30-41(35-48(44)57)60(39-15-4-3-5-16-39)40-28-24-36(25-29-40)38-27-32-51-46(34-38)54-42-17-7-6-14-37(42)26-33-53(54)61(51)56-59-49-21-11-9-19-45(49)55-58-50-22-12-13-23-52(50)62(55)56/h3-35H,1-2H3. The van der Waals surface area contributed by atoms with Crippen LogP contribution in [-0.2, 0) is 5.41 Å². The van der Waals surface area contributed by atoms with Crippen molar-refractivity contribution in [3.05, 3.63) is 211 Å². The van der Waals surface area contributed by atoms with Crippen LogP contribution in [0.1, 0.15) is 25.0 Å². The molecule has 292 valence electrons. The Bertz CT molecular complexity index is 3780. The van der Waals surface area contributed by atoms with E-state index in [1.807, 2.05) is 0 Å². The molecular weight excluding hydrogens is 755 g/mol. The van der Waals surface area contributed by atoms with Gasteiger partial charge in [0.05, 0.1) is 27.6 Å². The Morgan fingerprint density at radius 3 is 1.97 bits per heavy atom. The second-order valence-electron chi connectivity index (χ2n) is 17.1. The summed E-state index contributed by atoms with van der Waals surface area (Å²) in [6.45, 7) is 4.69. The van der Waals surface area contributed by atoms with Gasteiger partial charge in [-0.05, 0) is 123 Å². The summed E-state index contributed by atoms with van der Waals surface area (Å²) in [6, 6.07) is 72.4. The molecule has 0 N–H and O–H groups in total. The van der Waals surface area contributed by atoms with Crippen LogP contribution < -0.4 is 4.90 Å². The Balaban J connectivity index is 0.983. The third kappa shape index (κ3) is 4.96. The van der Waals surface area contributed by atoms with Crippen molar-refractivity contribution in [3.63, 3.8) is 0 Å². The van der Waals surface area contributed by atoms with Gasteiger partial charge in [-0.15, -0.1) is 0 Å². The number of imidazole rings is 1. The second kappa shape index (κ2) is 13.0. The molecule has 0 aliphatic heterocycles. The predicted octanol–water partition coefficient (Wildman–Crippen LogP) is 14.7. The minimum absolute atomic E-state index is 0.0931. The van der Waals surface area contributed by atoms with E-state index in [0.717, 1.165) is 72.8 Å². The summed E-state index contributed by atoms with van der Waals surface area (Å²) >= 11 is 0. The van der Waals surface area contributed by atoms with Crippen LogP contribution in [0.3, 0.4) is 0 Å². The highest BCUT2D eigenvalue weighted by Crippen LogP contribution is 2.51. The molecule has 1 aliphatic rings. The highest BCUT2D eigenvalue weighted by atomic mass is 15.2. The number of anilines is 3. The number of hydrogen-bond donors (Lipinski definition) is 0. The number of benzene rings is 9. The zero-order valence-corrected chi connectivity index (χ0v) is 34.3. The lowest BCUT2D eigenvalue weighted by Gasteiger charge is -2.28. The van der Waals surface area contributed by atoms with Crippen molar-refractivity contribution in [2.24, 2.45) is 0 Å². The topological polar surface area (TPSA) is 38.4 Å². The summed E-state index contributed by atoms with van der Waals surface area (Å²) in [5, 5.41) is 5.84. The minimum atomic E-state index is -0.0931. The van der Waals surface area contributed by atoms with E-state index in [2.05, 4.69) is 228 Å². The van der Waals surface area contributed by atoms with Crippen molar-refractivity contribution >= 4 is 77.2 Å². The van der Waals surface area contributed by atoms with Crippen molar-refractivity contribution in [1.29, 1.82) is 0 Å². The van der Waals surface area contributed by atoms with Gasteiger partial charge in [-0.2, -0.15) is 0 Å². The first-order chi connectivity index (χ1) is 30.5. The lowest BCUT2D eigenvalue weighted by molar-refractivity contribution is 0.660.